The standard InChI is InChI=1S/C15H23N3O.C15H25N3.C15H22N2O2.C14H23N3.C14H20N2O2.C12H21N3.C12H18N2O2/c1-11-9-14(12(2)13(3)16-11)17-15(19)10-18-7-5-4-6-8-18;1-12-11-15(13(2)14(3)17-12)16-7-10-18-8-5-4-6-9-18;1-11-9-14(12(2)13(3)16-11)19-10-15(18)17-7-5-4-6-8-17;1-11-10-14(12(2)13(3)16-11)15-6-9-17-7-4-5-8-17;1-10-8-13(11(2)12(3)15-10)18-9-14(17)16-6-4-5-7-16;1-9-8-12(10(2)11(3)14-9)13-6-7-15(4)5;1-8-6-11(9(2)10(3)13-8)16-7-12(15)14(4)5/h9H,4-8,10H2,1-3H3,(H,16,17,19);11H,4-10H2,1-3H3,(H,16,17);9H,4-8,10H2,1-3H3;10H,4-9H2,1-3H3,(H,15,16);8H,4-7,9H2,1-3H3;8H,6-7H2,1-5H3,(H,13,14);6H,7H2,1-5H3. The van der Waals surface area contributed by atoms with Gasteiger partial charge in [0.25, 0.3) is 17.7 Å². The molecule has 672 valence electrons. The van der Waals surface area contributed by atoms with Crippen LogP contribution in [0.4, 0.5) is 22.7 Å². The maximum atomic E-state index is 12.1. The number of anilines is 4. The third-order valence-corrected chi connectivity index (χ3v) is 23.2. The molecule has 122 heavy (non-hydrogen) atoms. The van der Waals surface area contributed by atoms with Gasteiger partial charge in [-0.05, 0) is 316 Å². The number of likely N-dealkylation sites (N-methyl/N-ethyl adjacent to an activating group) is 2. The number of nitrogens with one attached hydrogen (secondary N) is 4. The van der Waals surface area contributed by atoms with E-state index in [1.54, 1.807) is 14.1 Å². The van der Waals surface area contributed by atoms with Gasteiger partial charge in [-0.2, -0.15) is 0 Å². The van der Waals surface area contributed by atoms with Gasteiger partial charge in [-0.1, -0.05) is 12.8 Å². The molecule has 0 atom stereocenters. The molecule has 0 unspecified atom stereocenters. The Kier molecular flexibility index (Phi) is 43.4. The van der Waals surface area contributed by atoms with Gasteiger partial charge in [-0.25, -0.2) is 0 Å². The highest BCUT2D eigenvalue weighted by Crippen LogP contribution is 2.27. The summed E-state index contributed by atoms with van der Waals surface area (Å²) < 4.78 is 16.8. The van der Waals surface area contributed by atoms with Crippen molar-refractivity contribution in [1.82, 2.24) is 69.2 Å². The van der Waals surface area contributed by atoms with E-state index in [9.17, 15) is 19.2 Å². The van der Waals surface area contributed by atoms with E-state index in [0.29, 0.717) is 6.54 Å². The number of amides is 4. The maximum Gasteiger partial charge on any atom is 0.260 e. The number of hydrogen-bond acceptors (Lipinski definition) is 21. The van der Waals surface area contributed by atoms with E-state index < -0.39 is 0 Å². The smallest absolute Gasteiger partial charge is 0.260 e. The molecule has 7 aromatic rings. The third kappa shape index (κ3) is 35.4. The monoisotopic (exact) mass is 1680 g/mol. The lowest BCUT2D eigenvalue weighted by molar-refractivity contribution is -0.134. The highest BCUT2D eigenvalue weighted by Gasteiger charge is 2.22. The summed E-state index contributed by atoms with van der Waals surface area (Å²) in [5.74, 6) is 2.48. The molecule has 0 aliphatic carbocycles. The number of hydrogen-bond donors (Lipinski definition) is 4. The fraction of sp³-hybridized carbons (Fsp3) is 0.598. The topological polar surface area (TPSA) is 257 Å². The Labute approximate surface area is 732 Å². The van der Waals surface area contributed by atoms with Crippen molar-refractivity contribution in [2.24, 2.45) is 0 Å². The van der Waals surface area contributed by atoms with Crippen LogP contribution in [0, 0.1) is 145 Å². The fourth-order valence-electron chi connectivity index (χ4n) is 14.9. The summed E-state index contributed by atoms with van der Waals surface area (Å²) in [5, 5.41) is 13.6. The van der Waals surface area contributed by atoms with Gasteiger partial charge in [0, 0.05) is 217 Å². The van der Waals surface area contributed by atoms with E-state index in [4.69, 9.17) is 14.2 Å². The van der Waals surface area contributed by atoms with Gasteiger partial charge in [-0.3, -0.25) is 59.0 Å². The van der Waals surface area contributed by atoms with E-state index in [2.05, 4.69) is 163 Å². The van der Waals surface area contributed by atoms with Crippen LogP contribution in [-0.4, -0.2) is 252 Å². The lowest BCUT2D eigenvalue weighted by atomic mass is 10.1. The number of nitrogens with zero attached hydrogens (tertiary/aromatic N) is 14. The number of carbonyl (C=O) groups is 4. The number of piperidine rings is 3. The van der Waals surface area contributed by atoms with Crippen molar-refractivity contribution in [3.05, 3.63) is 161 Å². The molecule has 5 aliphatic rings. The number of pyridine rings is 7. The van der Waals surface area contributed by atoms with Crippen molar-refractivity contribution in [1.29, 1.82) is 0 Å². The fourth-order valence-corrected chi connectivity index (χ4v) is 14.9. The highest BCUT2D eigenvalue weighted by atomic mass is 16.5. The largest absolute Gasteiger partial charge is 0.483 e. The summed E-state index contributed by atoms with van der Waals surface area (Å²) in [5.41, 5.74) is 26.6. The zero-order chi connectivity index (χ0) is 89.7. The number of likely N-dealkylation sites (tertiary alicyclic amines) is 5. The normalized spacial score (nSPS) is 14.6. The van der Waals surface area contributed by atoms with Gasteiger partial charge in [-0.15, -0.1) is 0 Å². The second-order valence-electron chi connectivity index (χ2n) is 34.1. The Morgan fingerprint density at radius 2 is 0.582 bits per heavy atom. The van der Waals surface area contributed by atoms with E-state index in [1.807, 2.05) is 124 Å². The zero-order valence-corrected chi connectivity index (χ0v) is 79.5. The molecule has 0 aromatic carbocycles. The minimum atomic E-state index is -0.0495. The summed E-state index contributed by atoms with van der Waals surface area (Å²) in [6.07, 6.45) is 16.3. The lowest BCUT2D eigenvalue weighted by Gasteiger charge is -2.26. The van der Waals surface area contributed by atoms with Crippen molar-refractivity contribution in [2.75, 3.05) is 181 Å². The second kappa shape index (κ2) is 52.3. The van der Waals surface area contributed by atoms with Crippen LogP contribution >= 0.6 is 0 Å². The lowest BCUT2D eigenvalue weighted by Crippen LogP contribution is -2.38. The van der Waals surface area contributed by atoms with Crippen LogP contribution in [-0.2, 0) is 19.2 Å². The number of aromatic nitrogens is 7. The zero-order valence-electron chi connectivity index (χ0n) is 79.5. The van der Waals surface area contributed by atoms with Crippen LogP contribution in [0.3, 0.4) is 0 Å². The van der Waals surface area contributed by atoms with Crippen LogP contribution in [0.1, 0.15) is 202 Å². The van der Waals surface area contributed by atoms with Crippen molar-refractivity contribution >= 4 is 46.4 Å². The summed E-state index contributed by atoms with van der Waals surface area (Å²) in [4.78, 5) is 93.0. The average molecular weight is 1680 g/mol. The average Bonchev–Trinajstić information content (AvgIpc) is 1.61. The van der Waals surface area contributed by atoms with Crippen molar-refractivity contribution in [3.8, 4) is 17.2 Å². The molecule has 5 aliphatic heterocycles. The van der Waals surface area contributed by atoms with E-state index in [1.165, 1.54) is 123 Å². The van der Waals surface area contributed by atoms with Gasteiger partial charge in [0.1, 0.15) is 17.2 Å². The van der Waals surface area contributed by atoms with Gasteiger partial charge in [0.05, 0.1) is 6.54 Å². The molecule has 4 amide bonds. The first kappa shape index (κ1) is 101. The van der Waals surface area contributed by atoms with Crippen molar-refractivity contribution < 1.29 is 33.4 Å². The summed E-state index contributed by atoms with van der Waals surface area (Å²) >= 11 is 0. The molecule has 5 fully saturated rings. The SMILES string of the molecule is Cc1cc(NC(=O)CN2CCCCC2)c(C)c(C)n1.Cc1cc(NCCN(C)C)c(C)c(C)n1.Cc1cc(NCCN2CCCC2)c(C)c(C)n1.Cc1cc(NCCN2CCCCC2)c(C)c(C)n1.Cc1cc(OCC(=O)N(C)C)c(C)c(C)n1.Cc1cc(OCC(=O)N2CCCC2)c(C)c(C)n1.Cc1cc(OCC(=O)N2CCCCC2)c(C)c(C)n1. The second-order valence-corrected chi connectivity index (χ2v) is 34.1. The number of aryl methyl sites for hydroxylation is 14. The Hall–Kier alpha value is -9.43. The van der Waals surface area contributed by atoms with Gasteiger partial charge >= 0.3 is 0 Å². The third-order valence-electron chi connectivity index (χ3n) is 23.2. The molecule has 12 rings (SSSR count). The Bertz CT molecular complexity index is 4460. The summed E-state index contributed by atoms with van der Waals surface area (Å²) in [7, 11) is 7.58. The summed E-state index contributed by atoms with van der Waals surface area (Å²) in [6.45, 7) is 60.0. The molecular formula is C97H152N18O7. The molecule has 25 nitrogen and oxygen atoms in total. The van der Waals surface area contributed by atoms with Gasteiger partial charge < -0.3 is 64.9 Å². The summed E-state index contributed by atoms with van der Waals surface area (Å²) in [6, 6.07) is 14.0. The molecular weight excluding hydrogens is 1530 g/mol. The van der Waals surface area contributed by atoms with Crippen molar-refractivity contribution in [2.45, 2.75) is 229 Å². The minimum absolute atomic E-state index is 0.0495. The quantitative estimate of drug-likeness (QED) is 0.0438. The molecule has 4 N–H and O–H groups in total. The number of carbonyl (C=O) groups excluding carboxylic acids is 4. The predicted octanol–water partition coefficient (Wildman–Crippen LogP) is 15.7. The molecule has 0 saturated carbocycles. The molecule has 7 aromatic heterocycles. The minimum Gasteiger partial charge on any atom is -0.483 e. The Morgan fingerprint density at radius 1 is 0.320 bits per heavy atom. The highest BCUT2D eigenvalue weighted by molar-refractivity contribution is 5.93. The van der Waals surface area contributed by atoms with Crippen LogP contribution < -0.4 is 35.5 Å². The number of ether oxygens (including phenoxy) is 3. The molecule has 0 radical (unpaired) electrons. The first-order chi connectivity index (χ1) is 58.0. The van der Waals surface area contributed by atoms with Crippen molar-refractivity contribution in [3.63, 3.8) is 0 Å². The molecule has 12 heterocycles. The van der Waals surface area contributed by atoms with E-state index in [0.717, 1.165) is 229 Å². The van der Waals surface area contributed by atoms with Gasteiger partial charge in [0.15, 0.2) is 19.8 Å². The maximum absolute atomic E-state index is 12.1. The molecule has 0 spiro atoms. The van der Waals surface area contributed by atoms with E-state index in [-0.39, 0.29) is 43.4 Å². The first-order valence-electron chi connectivity index (χ1n) is 44.6. The van der Waals surface area contributed by atoms with Crippen LogP contribution in [0.15, 0.2) is 42.5 Å². The Morgan fingerprint density at radius 3 is 0.910 bits per heavy atom. The Balaban J connectivity index is 0.000000221. The van der Waals surface area contributed by atoms with Crippen LogP contribution in [0.2, 0.25) is 0 Å². The predicted molar refractivity (Wildman–Crippen MR) is 499 cm³/mol. The molecule has 5 saturated heterocycles. The van der Waals surface area contributed by atoms with Gasteiger partial charge in [0.2, 0.25) is 5.91 Å². The first-order valence-corrected chi connectivity index (χ1v) is 44.6. The van der Waals surface area contributed by atoms with E-state index >= 15 is 0 Å². The number of rotatable bonds is 24. The van der Waals surface area contributed by atoms with Crippen LogP contribution in [0.25, 0.3) is 0 Å². The molecule has 25 heteroatoms. The molecule has 0 bridgehead atoms. The van der Waals surface area contributed by atoms with Crippen LogP contribution in [0.5, 0.6) is 17.2 Å².